The van der Waals surface area contributed by atoms with Crippen LogP contribution in [0.4, 0.5) is 5.69 Å². The van der Waals surface area contributed by atoms with Crippen molar-refractivity contribution in [2.75, 3.05) is 11.9 Å². The molecule has 1 aliphatic rings. The Morgan fingerprint density at radius 2 is 1.79 bits per heavy atom. The molecular weight excluding hydrogens is 302 g/mol. The van der Waals surface area contributed by atoms with Crippen LogP contribution in [0.1, 0.15) is 62.7 Å². The number of amides is 2. The molecule has 1 fully saturated rings. The molecule has 0 radical (unpaired) electrons. The lowest BCUT2D eigenvalue weighted by Crippen LogP contribution is -2.36. The van der Waals surface area contributed by atoms with Gasteiger partial charge in [-0.05, 0) is 50.5 Å². The normalized spacial score (nSPS) is 16.4. The average Bonchev–Trinajstić information content (AvgIpc) is 2.61. The number of anilines is 1. The fourth-order valence-electron chi connectivity index (χ4n) is 2.84. The average molecular weight is 331 g/mol. The number of hydrogen-bond acceptors (Lipinski definition) is 3. The zero-order valence-corrected chi connectivity index (χ0v) is 14.7. The van der Waals surface area contributed by atoms with Gasteiger partial charge in [-0.3, -0.25) is 9.59 Å². The molecule has 0 aliphatic heterocycles. The molecule has 0 saturated heterocycles. The highest BCUT2D eigenvalue weighted by Crippen LogP contribution is 2.18. The number of benzene rings is 1. The first-order valence-electron chi connectivity index (χ1n) is 9.02. The van der Waals surface area contributed by atoms with E-state index in [4.69, 9.17) is 0 Å². The number of nitrogens with one attached hydrogen (secondary N) is 3. The maximum Gasteiger partial charge on any atom is 0.251 e. The van der Waals surface area contributed by atoms with Crippen LogP contribution in [0.3, 0.4) is 0 Å². The van der Waals surface area contributed by atoms with Crippen LogP contribution in [0.2, 0.25) is 0 Å². The quantitative estimate of drug-likeness (QED) is 0.719. The summed E-state index contributed by atoms with van der Waals surface area (Å²) in [6.07, 6.45) is 6.79. The summed E-state index contributed by atoms with van der Waals surface area (Å²) in [6, 6.07) is 7.69. The van der Waals surface area contributed by atoms with Crippen molar-refractivity contribution in [1.29, 1.82) is 0 Å². The third kappa shape index (κ3) is 5.96. The zero-order chi connectivity index (χ0) is 17.4. The van der Waals surface area contributed by atoms with E-state index >= 15 is 0 Å². The van der Waals surface area contributed by atoms with Crippen molar-refractivity contribution in [1.82, 2.24) is 10.6 Å². The molecule has 5 nitrogen and oxygen atoms in total. The van der Waals surface area contributed by atoms with Gasteiger partial charge < -0.3 is 16.0 Å². The van der Waals surface area contributed by atoms with E-state index < -0.39 is 0 Å². The fraction of sp³-hybridized carbons (Fsp3) is 0.579. The lowest BCUT2D eigenvalue weighted by molar-refractivity contribution is -0.115. The third-order valence-electron chi connectivity index (χ3n) is 4.59. The van der Waals surface area contributed by atoms with Crippen molar-refractivity contribution < 1.29 is 9.59 Å². The SMILES string of the molecule is CCC(C)NCC(=O)Nc1ccc(C(=O)NC2CCCCC2)cc1. The van der Waals surface area contributed by atoms with Crippen LogP contribution >= 0.6 is 0 Å². The van der Waals surface area contributed by atoms with Crippen molar-refractivity contribution in [2.45, 2.75) is 64.5 Å². The molecule has 3 N–H and O–H groups in total. The summed E-state index contributed by atoms with van der Waals surface area (Å²) in [4.78, 5) is 24.1. The molecule has 1 aromatic rings. The monoisotopic (exact) mass is 331 g/mol. The molecule has 0 heterocycles. The summed E-state index contributed by atoms with van der Waals surface area (Å²) in [5.41, 5.74) is 1.34. The van der Waals surface area contributed by atoms with E-state index in [1.165, 1.54) is 19.3 Å². The molecule has 0 bridgehead atoms. The Morgan fingerprint density at radius 1 is 1.12 bits per heavy atom. The Kier molecular flexibility index (Phi) is 7.25. The summed E-state index contributed by atoms with van der Waals surface area (Å²) in [5.74, 6) is -0.104. The van der Waals surface area contributed by atoms with Crippen LogP contribution in [0.5, 0.6) is 0 Å². The summed E-state index contributed by atoms with van der Waals surface area (Å²) in [7, 11) is 0. The van der Waals surface area contributed by atoms with E-state index in [0.29, 0.717) is 29.9 Å². The topological polar surface area (TPSA) is 70.2 Å². The van der Waals surface area contributed by atoms with Crippen molar-refractivity contribution >= 4 is 17.5 Å². The predicted octanol–water partition coefficient (Wildman–Crippen LogP) is 3.08. The van der Waals surface area contributed by atoms with Gasteiger partial charge in [-0.1, -0.05) is 26.2 Å². The van der Waals surface area contributed by atoms with Gasteiger partial charge in [0.2, 0.25) is 5.91 Å². The number of hydrogen-bond donors (Lipinski definition) is 3. The second-order valence-electron chi connectivity index (χ2n) is 6.62. The highest BCUT2D eigenvalue weighted by molar-refractivity contribution is 5.96. The number of carbonyl (C=O) groups is 2. The molecule has 0 aromatic heterocycles. The molecule has 132 valence electrons. The van der Waals surface area contributed by atoms with Gasteiger partial charge in [0.1, 0.15) is 0 Å². The molecule has 24 heavy (non-hydrogen) atoms. The molecule has 2 amide bonds. The summed E-state index contributed by atoms with van der Waals surface area (Å²) in [5, 5.41) is 9.09. The first-order chi connectivity index (χ1) is 11.6. The van der Waals surface area contributed by atoms with E-state index in [1.807, 2.05) is 6.92 Å². The Bertz CT molecular complexity index is 536. The first kappa shape index (κ1) is 18.5. The summed E-state index contributed by atoms with van der Waals surface area (Å²) in [6.45, 7) is 4.42. The standard InChI is InChI=1S/C19H29N3O2/c1-3-14(2)20-13-18(23)21-17-11-9-15(10-12-17)19(24)22-16-7-5-4-6-8-16/h9-12,14,16,20H,3-8,13H2,1-2H3,(H,21,23)(H,22,24). The molecule has 1 aromatic carbocycles. The van der Waals surface area contributed by atoms with Crippen molar-refractivity contribution in [3.05, 3.63) is 29.8 Å². The maximum atomic E-state index is 12.2. The molecule has 1 aliphatic carbocycles. The molecule has 5 heteroatoms. The zero-order valence-electron chi connectivity index (χ0n) is 14.7. The summed E-state index contributed by atoms with van der Waals surface area (Å²) < 4.78 is 0. The Labute approximate surface area is 144 Å². The van der Waals surface area contributed by atoms with Crippen LogP contribution in [0.25, 0.3) is 0 Å². The molecule has 2 rings (SSSR count). The molecular formula is C19H29N3O2. The van der Waals surface area contributed by atoms with Gasteiger partial charge in [0.15, 0.2) is 0 Å². The smallest absolute Gasteiger partial charge is 0.251 e. The van der Waals surface area contributed by atoms with Crippen LogP contribution in [-0.4, -0.2) is 30.4 Å². The fourth-order valence-corrected chi connectivity index (χ4v) is 2.84. The Hall–Kier alpha value is -1.88. The van der Waals surface area contributed by atoms with E-state index in [0.717, 1.165) is 19.3 Å². The van der Waals surface area contributed by atoms with Gasteiger partial charge in [0, 0.05) is 23.3 Å². The van der Waals surface area contributed by atoms with E-state index in [1.54, 1.807) is 24.3 Å². The van der Waals surface area contributed by atoms with Crippen molar-refractivity contribution in [3.8, 4) is 0 Å². The number of carbonyl (C=O) groups excluding carboxylic acids is 2. The lowest BCUT2D eigenvalue weighted by Gasteiger charge is -2.22. The van der Waals surface area contributed by atoms with E-state index in [9.17, 15) is 9.59 Å². The van der Waals surface area contributed by atoms with Gasteiger partial charge >= 0.3 is 0 Å². The van der Waals surface area contributed by atoms with E-state index in [2.05, 4.69) is 22.9 Å². The van der Waals surface area contributed by atoms with Crippen LogP contribution < -0.4 is 16.0 Å². The second-order valence-corrected chi connectivity index (χ2v) is 6.62. The largest absolute Gasteiger partial charge is 0.349 e. The molecule has 1 saturated carbocycles. The van der Waals surface area contributed by atoms with Gasteiger partial charge in [-0.25, -0.2) is 0 Å². The maximum absolute atomic E-state index is 12.2. The van der Waals surface area contributed by atoms with Gasteiger partial charge in [-0.2, -0.15) is 0 Å². The minimum Gasteiger partial charge on any atom is -0.349 e. The predicted molar refractivity (Wildman–Crippen MR) is 97.2 cm³/mol. The van der Waals surface area contributed by atoms with Gasteiger partial charge in [0.25, 0.3) is 5.91 Å². The minimum absolute atomic E-state index is 0.0294. The second kappa shape index (κ2) is 9.42. The van der Waals surface area contributed by atoms with Crippen LogP contribution in [0.15, 0.2) is 24.3 Å². The highest BCUT2D eigenvalue weighted by atomic mass is 16.2. The number of rotatable bonds is 7. The van der Waals surface area contributed by atoms with Crippen molar-refractivity contribution in [2.24, 2.45) is 0 Å². The molecule has 1 atom stereocenters. The van der Waals surface area contributed by atoms with E-state index in [-0.39, 0.29) is 11.8 Å². The molecule has 0 spiro atoms. The highest BCUT2D eigenvalue weighted by Gasteiger charge is 2.16. The lowest BCUT2D eigenvalue weighted by atomic mass is 9.95. The van der Waals surface area contributed by atoms with Crippen molar-refractivity contribution in [3.63, 3.8) is 0 Å². The van der Waals surface area contributed by atoms with Crippen LogP contribution in [0, 0.1) is 0 Å². The Balaban J connectivity index is 1.81. The molecule has 1 unspecified atom stereocenters. The Morgan fingerprint density at radius 3 is 2.42 bits per heavy atom. The van der Waals surface area contributed by atoms with Gasteiger partial charge in [-0.15, -0.1) is 0 Å². The minimum atomic E-state index is -0.0743. The first-order valence-corrected chi connectivity index (χ1v) is 9.02. The van der Waals surface area contributed by atoms with Crippen LogP contribution in [-0.2, 0) is 4.79 Å². The van der Waals surface area contributed by atoms with Gasteiger partial charge in [0.05, 0.1) is 6.54 Å². The third-order valence-corrected chi connectivity index (χ3v) is 4.59. The summed E-state index contributed by atoms with van der Waals surface area (Å²) >= 11 is 0.